The molecule has 0 radical (unpaired) electrons. The van der Waals surface area contributed by atoms with Gasteiger partial charge in [-0.3, -0.25) is 4.79 Å². The van der Waals surface area contributed by atoms with Crippen LogP contribution in [0.5, 0.6) is 0 Å². The van der Waals surface area contributed by atoms with E-state index in [9.17, 15) is 9.59 Å². The SMILES string of the molecule is CCn1nc(C)c(CNC(=O)N2CCNC(=O)CC2C)n1. The van der Waals surface area contributed by atoms with E-state index in [0.717, 1.165) is 11.4 Å². The summed E-state index contributed by atoms with van der Waals surface area (Å²) in [5, 5.41) is 14.2. The van der Waals surface area contributed by atoms with Crippen LogP contribution in [0.1, 0.15) is 31.7 Å². The number of hydrogen-bond acceptors (Lipinski definition) is 4. The lowest BCUT2D eigenvalue weighted by atomic mass is 10.2. The van der Waals surface area contributed by atoms with E-state index >= 15 is 0 Å². The maximum Gasteiger partial charge on any atom is 0.318 e. The summed E-state index contributed by atoms with van der Waals surface area (Å²) in [6, 6.07) is -0.288. The minimum absolute atomic E-state index is 0.0143. The smallest absolute Gasteiger partial charge is 0.318 e. The van der Waals surface area contributed by atoms with Crippen LogP contribution in [0.3, 0.4) is 0 Å². The third-order valence-electron chi connectivity index (χ3n) is 3.56. The maximum atomic E-state index is 12.2. The molecule has 1 aliphatic heterocycles. The first-order valence-corrected chi connectivity index (χ1v) is 7.23. The number of nitrogens with zero attached hydrogens (tertiary/aromatic N) is 4. The molecule has 1 aromatic rings. The van der Waals surface area contributed by atoms with Crippen LogP contribution in [0.2, 0.25) is 0 Å². The van der Waals surface area contributed by atoms with Gasteiger partial charge in [0.05, 0.1) is 18.8 Å². The molecule has 1 unspecified atom stereocenters. The minimum atomic E-state index is -0.176. The van der Waals surface area contributed by atoms with Crippen molar-refractivity contribution >= 4 is 11.9 Å². The fraction of sp³-hybridized carbons (Fsp3) is 0.692. The van der Waals surface area contributed by atoms with Crippen LogP contribution in [0.25, 0.3) is 0 Å². The average molecular weight is 294 g/mol. The number of nitrogens with one attached hydrogen (secondary N) is 2. The molecule has 2 N–H and O–H groups in total. The van der Waals surface area contributed by atoms with Gasteiger partial charge in [0, 0.05) is 25.6 Å². The molecule has 1 aliphatic rings. The number of aromatic nitrogens is 3. The van der Waals surface area contributed by atoms with E-state index in [4.69, 9.17) is 0 Å². The lowest BCUT2D eigenvalue weighted by Crippen LogP contribution is -2.45. The Hall–Kier alpha value is -2.12. The number of amides is 3. The standard InChI is InChI=1S/C13H22N6O2/c1-4-19-16-10(3)11(17-19)8-15-13(21)18-6-5-14-12(20)7-9(18)2/h9H,4-8H2,1-3H3,(H,14,20)(H,15,21). The first-order valence-electron chi connectivity index (χ1n) is 7.23. The molecule has 2 rings (SSSR count). The lowest BCUT2D eigenvalue weighted by Gasteiger charge is -2.26. The number of rotatable bonds is 3. The van der Waals surface area contributed by atoms with E-state index in [1.54, 1.807) is 9.70 Å². The van der Waals surface area contributed by atoms with Gasteiger partial charge in [-0.2, -0.15) is 15.0 Å². The summed E-state index contributed by atoms with van der Waals surface area (Å²) in [7, 11) is 0. The van der Waals surface area contributed by atoms with Crippen molar-refractivity contribution in [2.24, 2.45) is 0 Å². The molecule has 1 fully saturated rings. The molecule has 2 heterocycles. The van der Waals surface area contributed by atoms with Crippen LogP contribution in [-0.4, -0.2) is 51.0 Å². The largest absolute Gasteiger partial charge is 0.354 e. The zero-order valence-corrected chi connectivity index (χ0v) is 12.7. The number of carbonyl (C=O) groups excluding carboxylic acids is 2. The van der Waals surface area contributed by atoms with Crippen molar-refractivity contribution in [3.8, 4) is 0 Å². The average Bonchev–Trinajstić information content (AvgIpc) is 2.71. The summed E-state index contributed by atoms with van der Waals surface area (Å²) < 4.78 is 0. The molecule has 1 atom stereocenters. The molecule has 1 saturated heterocycles. The molecule has 0 aliphatic carbocycles. The van der Waals surface area contributed by atoms with Gasteiger partial charge in [-0.1, -0.05) is 0 Å². The Morgan fingerprint density at radius 1 is 1.48 bits per heavy atom. The van der Waals surface area contributed by atoms with E-state index in [-0.39, 0.29) is 18.0 Å². The summed E-state index contributed by atoms with van der Waals surface area (Å²) >= 11 is 0. The van der Waals surface area contributed by atoms with E-state index in [0.29, 0.717) is 32.6 Å². The first kappa shape index (κ1) is 15.3. The summed E-state index contributed by atoms with van der Waals surface area (Å²) in [6.07, 6.45) is 0.332. The van der Waals surface area contributed by atoms with Crippen LogP contribution < -0.4 is 10.6 Å². The van der Waals surface area contributed by atoms with E-state index in [2.05, 4.69) is 20.8 Å². The summed E-state index contributed by atoms with van der Waals surface area (Å²) in [4.78, 5) is 27.0. The van der Waals surface area contributed by atoms with Crippen molar-refractivity contribution in [1.82, 2.24) is 30.5 Å². The highest BCUT2D eigenvalue weighted by atomic mass is 16.2. The molecule has 0 spiro atoms. The third kappa shape index (κ3) is 3.71. The van der Waals surface area contributed by atoms with Gasteiger partial charge in [0.15, 0.2) is 0 Å². The molecule has 8 heteroatoms. The van der Waals surface area contributed by atoms with E-state index in [1.807, 2.05) is 20.8 Å². The molecule has 21 heavy (non-hydrogen) atoms. The highest BCUT2D eigenvalue weighted by Crippen LogP contribution is 2.08. The topological polar surface area (TPSA) is 92.2 Å². The quantitative estimate of drug-likeness (QED) is 0.822. The molecule has 8 nitrogen and oxygen atoms in total. The van der Waals surface area contributed by atoms with E-state index < -0.39 is 0 Å². The van der Waals surface area contributed by atoms with Crippen LogP contribution >= 0.6 is 0 Å². The van der Waals surface area contributed by atoms with Crippen LogP contribution in [0.4, 0.5) is 4.79 Å². The second kappa shape index (κ2) is 6.55. The summed E-state index contributed by atoms with van der Waals surface area (Å²) in [5.74, 6) is -0.0143. The fourth-order valence-corrected chi connectivity index (χ4v) is 2.32. The molecule has 3 amide bonds. The molecular weight excluding hydrogens is 272 g/mol. The van der Waals surface area contributed by atoms with Crippen molar-refractivity contribution in [1.29, 1.82) is 0 Å². The van der Waals surface area contributed by atoms with Crippen molar-refractivity contribution < 1.29 is 9.59 Å². The predicted octanol–water partition coefficient (Wildman–Crippen LogP) is 0.0264. The van der Waals surface area contributed by atoms with Crippen molar-refractivity contribution in [3.63, 3.8) is 0 Å². The molecular formula is C13H22N6O2. The first-order chi connectivity index (χ1) is 10.0. The van der Waals surface area contributed by atoms with Gasteiger partial charge < -0.3 is 15.5 Å². The van der Waals surface area contributed by atoms with Crippen molar-refractivity contribution in [2.45, 2.75) is 46.3 Å². The van der Waals surface area contributed by atoms with Gasteiger partial charge in [0.2, 0.25) is 5.91 Å². The molecule has 0 aromatic carbocycles. The number of carbonyl (C=O) groups is 2. The third-order valence-corrected chi connectivity index (χ3v) is 3.56. The van der Waals surface area contributed by atoms with Crippen LogP contribution in [0, 0.1) is 6.92 Å². The second-order valence-corrected chi connectivity index (χ2v) is 5.18. The number of urea groups is 1. The van der Waals surface area contributed by atoms with E-state index in [1.165, 1.54) is 0 Å². The maximum absolute atomic E-state index is 12.2. The van der Waals surface area contributed by atoms with Gasteiger partial charge in [0.25, 0.3) is 0 Å². The molecule has 116 valence electrons. The highest BCUT2D eigenvalue weighted by molar-refractivity contribution is 5.80. The van der Waals surface area contributed by atoms with Gasteiger partial charge in [-0.25, -0.2) is 4.79 Å². The van der Waals surface area contributed by atoms with Gasteiger partial charge in [0.1, 0.15) is 5.69 Å². The lowest BCUT2D eigenvalue weighted by molar-refractivity contribution is -0.121. The van der Waals surface area contributed by atoms with Crippen molar-refractivity contribution in [2.75, 3.05) is 13.1 Å². The molecule has 0 bridgehead atoms. The number of aryl methyl sites for hydroxylation is 2. The van der Waals surface area contributed by atoms with Crippen molar-refractivity contribution in [3.05, 3.63) is 11.4 Å². The van der Waals surface area contributed by atoms with Crippen LogP contribution in [0.15, 0.2) is 0 Å². The fourth-order valence-electron chi connectivity index (χ4n) is 2.32. The Morgan fingerprint density at radius 2 is 2.24 bits per heavy atom. The Kier molecular flexibility index (Phi) is 4.77. The van der Waals surface area contributed by atoms with Crippen LogP contribution in [-0.2, 0) is 17.9 Å². The zero-order valence-electron chi connectivity index (χ0n) is 12.7. The normalized spacial score (nSPS) is 19.1. The van der Waals surface area contributed by atoms with Gasteiger partial charge >= 0.3 is 6.03 Å². The molecule has 0 saturated carbocycles. The Labute approximate surface area is 123 Å². The highest BCUT2D eigenvalue weighted by Gasteiger charge is 2.25. The monoisotopic (exact) mass is 294 g/mol. The molecule has 1 aromatic heterocycles. The number of hydrogen-bond donors (Lipinski definition) is 2. The second-order valence-electron chi connectivity index (χ2n) is 5.18. The van der Waals surface area contributed by atoms with Gasteiger partial charge in [-0.05, 0) is 20.8 Å². The Balaban J connectivity index is 1.94. The minimum Gasteiger partial charge on any atom is -0.354 e. The predicted molar refractivity (Wildman–Crippen MR) is 76.5 cm³/mol. The summed E-state index contributed by atoms with van der Waals surface area (Å²) in [5.41, 5.74) is 1.58. The summed E-state index contributed by atoms with van der Waals surface area (Å²) in [6.45, 7) is 7.76. The Morgan fingerprint density at radius 3 is 2.90 bits per heavy atom. The van der Waals surface area contributed by atoms with Gasteiger partial charge in [-0.15, -0.1) is 0 Å². The Bertz CT molecular complexity index is 527. The zero-order chi connectivity index (χ0) is 15.4.